The summed E-state index contributed by atoms with van der Waals surface area (Å²) in [6.07, 6.45) is 0. The predicted molar refractivity (Wildman–Crippen MR) is 231 cm³/mol. The molecule has 0 saturated heterocycles. The number of anilines is 3. The third-order valence-electron chi connectivity index (χ3n) is 10.5. The molecule has 8 aromatic carbocycles. The Hall–Kier alpha value is -7.08. The standard InChI is InChI=1S/C50H31N3OS/c1-4-15-32(16-5-1)43-31-44(33-17-6-2-7-18-33)52-50(51-43)42-30-41-37-28-27-35(29-46(37)54-48(41)39-23-11-10-21-36(39)42)53(34-19-8-3-9-20-34)45-25-14-24-40-38-22-12-13-26-47(38)55-49(40)45/h1-31H. The number of para-hydroxylation sites is 1. The van der Waals surface area contributed by atoms with Crippen molar-refractivity contribution in [1.82, 2.24) is 9.97 Å². The molecule has 0 aliphatic rings. The van der Waals surface area contributed by atoms with Gasteiger partial charge in [-0.05, 0) is 53.9 Å². The summed E-state index contributed by atoms with van der Waals surface area (Å²) in [5, 5.41) is 6.68. The van der Waals surface area contributed by atoms with Gasteiger partial charge in [0.05, 0.1) is 21.8 Å². The van der Waals surface area contributed by atoms with Crippen LogP contribution in [0.25, 0.3) is 86.8 Å². The predicted octanol–water partition coefficient (Wildman–Crippen LogP) is 14.4. The zero-order chi connectivity index (χ0) is 36.3. The fraction of sp³-hybridized carbons (Fsp3) is 0. The highest BCUT2D eigenvalue weighted by Gasteiger charge is 2.22. The molecule has 0 atom stereocenters. The molecule has 0 radical (unpaired) electrons. The van der Waals surface area contributed by atoms with E-state index < -0.39 is 0 Å². The van der Waals surface area contributed by atoms with Crippen LogP contribution in [-0.2, 0) is 0 Å². The van der Waals surface area contributed by atoms with Crippen molar-refractivity contribution in [3.05, 3.63) is 188 Å². The molecular formula is C50H31N3OS. The van der Waals surface area contributed by atoms with Gasteiger partial charge in [-0.15, -0.1) is 11.3 Å². The molecule has 3 aromatic heterocycles. The molecule has 0 spiro atoms. The van der Waals surface area contributed by atoms with Gasteiger partial charge in [0, 0.05) is 65.8 Å². The monoisotopic (exact) mass is 721 g/mol. The van der Waals surface area contributed by atoms with Crippen LogP contribution in [-0.4, -0.2) is 9.97 Å². The number of aromatic nitrogens is 2. The minimum Gasteiger partial charge on any atom is -0.455 e. The lowest BCUT2D eigenvalue weighted by Gasteiger charge is -2.26. The highest BCUT2D eigenvalue weighted by atomic mass is 32.1. The smallest absolute Gasteiger partial charge is 0.161 e. The first-order chi connectivity index (χ1) is 27.3. The topological polar surface area (TPSA) is 42.2 Å². The van der Waals surface area contributed by atoms with Crippen molar-refractivity contribution in [2.45, 2.75) is 0 Å². The van der Waals surface area contributed by atoms with Crippen LogP contribution >= 0.6 is 11.3 Å². The van der Waals surface area contributed by atoms with Gasteiger partial charge >= 0.3 is 0 Å². The van der Waals surface area contributed by atoms with Gasteiger partial charge < -0.3 is 9.32 Å². The second-order valence-corrected chi connectivity index (χ2v) is 14.8. The van der Waals surface area contributed by atoms with E-state index in [1.807, 2.05) is 23.5 Å². The minimum absolute atomic E-state index is 0.677. The molecule has 55 heavy (non-hydrogen) atoms. The molecule has 0 amide bonds. The van der Waals surface area contributed by atoms with E-state index in [0.717, 1.165) is 77.9 Å². The van der Waals surface area contributed by atoms with Crippen LogP contribution in [0.3, 0.4) is 0 Å². The maximum Gasteiger partial charge on any atom is 0.161 e. The number of rotatable bonds is 6. The molecule has 0 N–H and O–H groups in total. The Bertz CT molecular complexity index is 3150. The third kappa shape index (κ3) is 5.28. The van der Waals surface area contributed by atoms with Gasteiger partial charge in [-0.1, -0.05) is 133 Å². The van der Waals surface area contributed by atoms with Crippen LogP contribution in [0.1, 0.15) is 0 Å². The molecular weight excluding hydrogens is 691 g/mol. The van der Waals surface area contributed by atoms with E-state index in [1.54, 1.807) is 0 Å². The van der Waals surface area contributed by atoms with Crippen LogP contribution in [0.15, 0.2) is 192 Å². The van der Waals surface area contributed by atoms with E-state index in [1.165, 1.54) is 20.2 Å². The Kier molecular flexibility index (Phi) is 7.32. The van der Waals surface area contributed by atoms with Gasteiger partial charge in [0.2, 0.25) is 0 Å². The first kappa shape index (κ1) is 31.4. The van der Waals surface area contributed by atoms with Crippen molar-refractivity contribution in [3.8, 4) is 33.9 Å². The van der Waals surface area contributed by atoms with E-state index in [0.29, 0.717) is 5.82 Å². The molecule has 0 fully saturated rings. The Labute approximate surface area is 321 Å². The molecule has 0 unspecified atom stereocenters. The van der Waals surface area contributed by atoms with Crippen molar-refractivity contribution in [1.29, 1.82) is 0 Å². The lowest BCUT2D eigenvalue weighted by molar-refractivity contribution is 0.673. The van der Waals surface area contributed by atoms with Gasteiger partial charge in [-0.3, -0.25) is 0 Å². The lowest BCUT2D eigenvalue weighted by atomic mass is 9.99. The van der Waals surface area contributed by atoms with E-state index in [2.05, 4.69) is 181 Å². The maximum absolute atomic E-state index is 6.88. The second-order valence-electron chi connectivity index (χ2n) is 13.7. The van der Waals surface area contributed by atoms with Crippen LogP contribution in [0.5, 0.6) is 0 Å². The largest absolute Gasteiger partial charge is 0.455 e. The molecule has 5 heteroatoms. The maximum atomic E-state index is 6.88. The number of hydrogen-bond acceptors (Lipinski definition) is 5. The van der Waals surface area contributed by atoms with Crippen molar-refractivity contribution in [2.75, 3.05) is 4.90 Å². The fourth-order valence-electron chi connectivity index (χ4n) is 7.90. The molecule has 11 aromatic rings. The number of thiophene rings is 1. The molecule has 4 nitrogen and oxygen atoms in total. The SMILES string of the molecule is c1ccc(-c2cc(-c3ccccc3)nc(-c3cc4c5ccc(N(c6ccccc6)c6cccc7c6sc6ccccc67)cc5oc4c4ccccc34)n2)cc1. The Morgan fingerprint density at radius 2 is 1.05 bits per heavy atom. The highest BCUT2D eigenvalue weighted by Crippen LogP contribution is 2.46. The first-order valence-corrected chi connectivity index (χ1v) is 19.2. The van der Waals surface area contributed by atoms with Gasteiger partial charge in [-0.2, -0.15) is 0 Å². The number of fused-ring (bicyclic) bond motifs is 8. The van der Waals surface area contributed by atoms with Crippen LogP contribution < -0.4 is 4.90 Å². The molecule has 0 aliphatic heterocycles. The van der Waals surface area contributed by atoms with Gasteiger partial charge in [0.15, 0.2) is 5.82 Å². The Morgan fingerprint density at radius 1 is 0.436 bits per heavy atom. The summed E-state index contributed by atoms with van der Waals surface area (Å²) in [6, 6.07) is 65.9. The molecule has 11 rings (SSSR count). The average Bonchev–Trinajstić information content (AvgIpc) is 3.83. The summed E-state index contributed by atoms with van der Waals surface area (Å²) >= 11 is 1.84. The minimum atomic E-state index is 0.677. The van der Waals surface area contributed by atoms with Crippen LogP contribution in [0, 0.1) is 0 Å². The molecule has 3 heterocycles. The van der Waals surface area contributed by atoms with E-state index in [4.69, 9.17) is 14.4 Å². The second kappa shape index (κ2) is 12.8. The molecule has 0 bridgehead atoms. The fourth-order valence-corrected chi connectivity index (χ4v) is 9.11. The number of furan rings is 1. The van der Waals surface area contributed by atoms with E-state index >= 15 is 0 Å². The normalized spacial score (nSPS) is 11.6. The summed E-state index contributed by atoms with van der Waals surface area (Å²) in [5.74, 6) is 0.677. The zero-order valence-electron chi connectivity index (χ0n) is 29.6. The molecule has 0 saturated carbocycles. The summed E-state index contributed by atoms with van der Waals surface area (Å²) in [4.78, 5) is 12.8. The number of hydrogen-bond donors (Lipinski definition) is 0. The van der Waals surface area contributed by atoms with Crippen LogP contribution in [0.2, 0.25) is 0 Å². The van der Waals surface area contributed by atoms with Gasteiger partial charge in [0.25, 0.3) is 0 Å². The zero-order valence-corrected chi connectivity index (χ0v) is 30.4. The van der Waals surface area contributed by atoms with Gasteiger partial charge in [0.1, 0.15) is 11.2 Å². The van der Waals surface area contributed by atoms with E-state index in [9.17, 15) is 0 Å². The van der Waals surface area contributed by atoms with Crippen molar-refractivity contribution in [2.24, 2.45) is 0 Å². The van der Waals surface area contributed by atoms with Crippen LogP contribution in [0.4, 0.5) is 17.1 Å². The summed E-state index contributed by atoms with van der Waals surface area (Å²) in [7, 11) is 0. The van der Waals surface area contributed by atoms with E-state index in [-0.39, 0.29) is 0 Å². The van der Waals surface area contributed by atoms with Crippen molar-refractivity contribution < 1.29 is 4.42 Å². The number of nitrogens with zero attached hydrogens (tertiary/aromatic N) is 3. The molecule has 258 valence electrons. The van der Waals surface area contributed by atoms with Crippen molar-refractivity contribution in [3.63, 3.8) is 0 Å². The average molecular weight is 722 g/mol. The Balaban J connectivity index is 1.12. The summed E-state index contributed by atoms with van der Waals surface area (Å²) < 4.78 is 9.41. The Morgan fingerprint density at radius 3 is 1.78 bits per heavy atom. The third-order valence-corrected chi connectivity index (χ3v) is 11.7. The highest BCUT2D eigenvalue weighted by molar-refractivity contribution is 7.26. The van der Waals surface area contributed by atoms with Gasteiger partial charge in [-0.25, -0.2) is 9.97 Å². The summed E-state index contributed by atoms with van der Waals surface area (Å²) in [6.45, 7) is 0. The lowest BCUT2D eigenvalue weighted by Crippen LogP contribution is -2.09. The summed E-state index contributed by atoms with van der Waals surface area (Å²) in [5.41, 5.74) is 9.74. The molecule has 0 aliphatic carbocycles. The number of benzene rings is 8. The first-order valence-electron chi connectivity index (χ1n) is 18.4. The van der Waals surface area contributed by atoms with Crippen molar-refractivity contribution >= 4 is 81.3 Å². The quantitative estimate of drug-likeness (QED) is 0.171.